The summed E-state index contributed by atoms with van der Waals surface area (Å²) in [4.78, 5) is 25.6. The molecular formula is C25H21N7O2. The zero-order valence-corrected chi connectivity index (χ0v) is 18.3. The van der Waals surface area contributed by atoms with Gasteiger partial charge in [-0.05, 0) is 55.5 Å². The summed E-state index contributed by atoms with van der Waals surface area (Å²) in [6.45, 7) is 1.82. The Labute approximate surface area is 195 Å². The maximum Gasteiger partial charge on any atom is 0.230 e. The molecule has 168 valence electrons. The number of benzene rings is 2. The van der Waals surface area contributed by atoms with Gasteiger partial charge in [0.1, 0.15) is 29.0 Å². The fourth-order valence-electron chi connectivity index (χ4n) is 3.47. The highest BCUT2D eigenvalue weighted by molar-refractivity contribution is 5.94. The van der Waals surface area contributed by atoms with Gasteiger partial charge in [0.25, 0.3) is 0 Å². The van der Waals surface area contributed by atoms with Gasteiger partial charge in [-0.1, -0.05) is 23.4 Å². The molecule has 0 atom stereocenters. The quantitative estimate of drug-likeness (QED) is 0.317. The highest BCUT2D eigenvalue weighted by Crippen LogP contribution is 2.22. The zero-order valence-electron chi connectivity index (χ0n) is 18.3. The topological polar surface area (TPSA) is 118 Å². The molecular weight excluding hydrogens is 430 g/mol. The smallest absolute Gasteiger partial charge is 0.230 e. The van der Waals surface area contributed by atoms with Crippen LogP contribution >= 0.6 is 0 Å². The van der Waals surface area contributed by atoms with E-state index >= 15 is 0 Å². The molecule has 9 heteroatoms. The number of carbonyl (C=O) groups is 1. The van der Waals surface area contributed by atoms with E-state index in [0.29, 0.717) is 40.2 Å². The number of aryl methyl sites for hydroxylation is 1. The molecule has 3 aromatic heterocycles. The maximum atomic E-state index is 12.5. The minimum Gasteiger partial charge on any atom is -0.356 e. The number of para-hydroxylation sites is 1. The van der Waals surface area contributed by atoms with Crippen LogP contribution in [0.25, 0.3) is 11.0 Å². The molecule has 2 aromatic carbocycles. The molecule has 0 spiro atoms. The van der Waals surface area contributed by atoms with Crippen molar-refractivity contribution in [2.45, 2.75) is 13.3 Å². The number of nitrogens with zero attached hydrogens (tertiary/aromatic N) is 4. The van der Waals surface area contributed by atoms with Crippen molar-refractivity contribution in [3.05, 3.63) is 90.5 Å². The van der Waals surface area contributed by atoms with Gasteiger partial charge in [-0.2, -0.15) is 0 Å². The zero-order chi connectivity index (χ0) is 23.3. The molecule has 0 saturated carbocycles. The van der Waals surface area contributed by atoms with Crippen LogP contribution < -0.4 is 16.0 Å². The summed E-state index contributed by atoms with van der Waals surface area (Å²) in [5.74, 6) is 2.42. The lowest BCUT2D eigenvalue weighted by molar-refractivity contribution is -0.115. The Bertz CT molecular complexity index is 1430. The fraction of sp³-hybridized carbons (Fsp3) is 0.0800. The average Bonchev–Trinajstić information content (AvgIpc) is 3.23. The number of anilines is 5. The van der Waals surface area contributed by atoms with Gasteiger partial charge in [0, 0.05) is 29.0 Å². The van der Waals surface area contributed by atoms with E-state index in [2.05, 4.69) is 36.1 Å². The Morgan fingerprint density at radius 3 is 2.38 bits per heavy atom. The van der Waals surface area contributed by atoms with Crippen molar-refractivity contribution in [1.29, 1.82) is 0 Å². The van der Waals surface area contributed by atoms with E-state index in [0.717, 1.165) is 11.1 Å². The van der Waals surface area contributed by atoms with Crippen LogP contribution in [0.3, 0.4) is 0 Å². The fourth-order valence-corrected chi connectivity index (χ4v) is 3.47. The first kappa shape index (κ1) is 21.1. The number of fused-ring (bicyclic) bond motifs is 1. The van der Waals surface area contributed by atoms with E-state index < -0.39 is 0 Å². The molecule has 0 radical (unpaired) electrons. The molecule has 9 nitrogen and oxygen atoms in total. The summed E-state index contributed by atoms with van der Waals surface area (Å²) >= 11 is 0. The summed E-state index contributed by atoms with van der Waals surface area (Å²) in [5, 5.41) is 14.2. The first-order valence-corrected chi connectivity index (χ1v) is 10.7. The number of pyridine rings is 1. The van der Waals surface area contributed by atoms with Crippen molar-refractivity contribution in [3.8, 4) is 0 Å². The Hall–Kier alpha value is -4.79. The third-order valence-corrected chi connectivity index (χ3v) is 4.98. The van der Waals surface area contributed by atoms with Crippen LogP contribution in [0, 0.1) is 6.92 Å². The number of carbonyl (C=O) groups excluding carboxylic acids is 1. The van der Waals surface area contributed by atoms with Crippen LogP contribution in [0.15, 0.2) is 83.5 Å². The van der Waals surface area contributed by atoms with E-state index in [1.54, 1.807) is 12.3 Å². The van der Waals surface area contributed by atoms with Crippen molar-refractivity contribution >= 4 is 45.7 Å². The SMILES string of the molecule is Cc1nc(Nc2ccc(NC(=O)Cc3noc4ccccc34)cc2)cc(Nc2ccccn2)n1. The van der Waals surface area contributed by atoms with Gasteiger partial charge in [0.2, 0.25) is 5.91 Å². The second kappa shape index (κ2) is 9.37. The van der Waals surface area contributed by atoms with E-state index in [1.807, 2.05) is 73.7 Å². The Morgan fingerprint density at radius 1 is 0.853 bits per heavy atom. The first-order chi connectivity index (χ1) is 16.6. The Kier molecular flexibility index (Phi) is 5.81. The number of aromatic nitrogens is 4. The van der Waals surface area contributed by atoms with E-state index in [9.17, 15) is 4.79 Å². The molecule has 0 unspecified atom stereocenters. The molecule has 1 amide bonds. The lowest BCUT2D eigenvalue weighted by atomic mass is 10.1. The summed E-state index contributed by atoms with van der Waals surface area (Å²) in [6, 6.07) is 22.3. The molecule has 0 aliphatic rings. The lowest BCUT2D eigenvalue weighted by Gasteiger charge is -2.11. The van der Waals surface area contributed by atoms with Gasteiger partial charge in [0.15, 0.2) is 5.58 Å². The van der Waals surface area contributed by atoms with Crippen LogP contribution in [-0.4, -0.2) is 26.0 Å². The third kappa shape index (κ3) is 4.99. The van der Waals surface area contributed by atoms with Crippen LogP contribution in [0.2, 0.25) is 0 Å². The van der Waals surface area contributed by atoms with Crippen molar-refractivity contribution in [2.24, 2.45) is 0 Å². The second-order valence-electron chi connectivity index (χ2n) is 7.58. The minimum absolute atomic E-state index is 0.128. The predicted molar refractivity (Wildman–Crippen MR) is 130 cm³/mol. The molecule has 0 bridgehead atoms. The van der Waals surface area contributed by atoms with Gasteiger partial charge in [-0.25, -0.2) is 15.0 Å². The molecule has 0 aliphatic heterocycles. The standard InChI is InChI=1S/C25H21N7O2/c1-16-27-23(15-24(28-16)31-22-8-4-5-13-26-22)29-17-9-11-18(12-10-17)30-25(33)14-20-19-6-2-3-7-21(19)34-32-20/h2-13,15H,14H2,1H3,(H,30,33)(H2,26,27,28,29,31). The van der Waals surface area contributed by atoms with Gasteiger partial charge in [0.05, 0.1) is 6.42 Å². The second-order valence-corrected chi connectivity index (χ2v) is 7.58. The van der Waals surface area contributed by atoms with Crippen molar-refractivity contribution in [3.63, 3.8) is 0 Å². The summed E-state index contributed by atoms with van der Waals surface area (Å²) in [5.41, 5.74) is 2.78. The largest absolute Gasteiger partial charge is 0.356 e. The maximum absolute atomic E-state index is 12.5. The normalized spacial score (nSPS) is 10.7. The van der Waals surface area contributed by atoms with Crippen molar-refractivity contribution < 1.29 is 9.32 Å². The number of hydrogen-bond donors (Lipinski definition) is 3. The third-order valence-electron chi connectivity index (χ3n) is 4.98. The van der Waals surface area contributed by atoms with Gasteiger partial charge in [-0.15, -0.1) is 0 Å². The summed E-state index contributed by atoms with van der Waals surface area (Å²) in [7, 11) is 0. The van der Waals surface area contributed by atoms with E-state index in [4.69, 9.17) is 4.52 Å². The first-order valence-electron chi connectivity index (χ1n) is 10.7. The average molecular weight is 451 g/mol. The molecule has 0 saturated heterocycles. The molecule has 3 heterocycles. The highest BCUT2D eigenvalue weighted by atomic mass is 16.5. The Morgan fingerprint density at radius 2 is 1.59 bits per heavy atom. The number of nitrogens with one attached hydrogen (secondary N) is 3. The van der Waals surface area contributed by atoms with E-state index in [1.165, 1.54) is 0 Å². The lowest BCUT2D eigenvalue weighted by Crippen LogP contribution is -2.14. The van der Waals surface area contributed by atoms with Crippen molar-refractivity contribution in [2.75, 3.05) is 16.0 Å². The van der Waals surface area contributed by atoms with Crippen LogP contribution in [0.4, 0.5) is 28.8 Å². The molecule has 3 N–H and O–H groups in total. The molecule has 5 aromatic rings. The monoisotopic (exact) mass is 451 g/mol. The highest BCUT2D eigenvalue weighted by Gasteiger charge is 2.12. The summed E-state index contributed by atoms with van der Waals surface area (Å²) in [6.07, 6.45) is 1.84. The van der Waals surface area contributed by atoms with Gasteiger partial charge < -0.3 is 20.5 Å². The van der Waals surface area contributed by atoms with Crippen LogP contribution in [0.5, 0.6) is 0 Å². The summed E-state index contributed by atoms with van der Waals surface area (Å²) < 4.78 is 5.27. The Balaban J connectivity index is 1.22. The van der Waals surface area contributed by atoms with Crippen molar-refractivity contribution in [1.82, 2.24) is 20.1 Å². The van der Waals surface area contributed by atoms with Gasteiger partial charge in [-0.3, -0.25) is 4.79 Å². The molecule has 0 aliphatic carbocycles. The number of rotatable bonds is 7. The molecule has 34 heavy (non-hydrogen) atoms. The van der Waals surface area contributed by atoms with Gasteiger partial charge >= 0.3 is 0 Å². The van der Waals surface area contributed by atoms with Crippen LogP contribution in [-0.2, 0) is 11.2 Å². The molecule has 5 rings (SSSR count). The number of hydrogen-bond acceptors (Lipinski definition) is 8. The number of amides is 1. The molecule has 0 fully saturated rings. The van der Waals surface area contributed by atoms with Crippen LogP contribution in [0.1, 0.15) is 11.5 Å². The van der Waals surface area contributed by atoms with E-state index in [-0.39, 0.29) is 12.3 Å². The minimum atomic E-state index is -0.170. The predicted octanol–water partition coefficient (Wildman–Crippen LogP) is 4.99.